The molecule has 0 spiro atoms. The van der Waals surface area contributed by atoms with E-state index in [1.54, 1.807) is 23.1 Å². The average Bonchev–Trinajstić information content (AvgIpc) is 2.97. The highest BCUT2D eigenvalue weighted by molar-refractivity contribution is 5.53. The van der Waals surface area contributed by atoms with Gasteiger partial charge in [0.1, 0.15) is 0 Å². The Labute approximate surface area is 128 Å². The number of aryl methyl sites for hydroxylation is 1. The molecule has 5 nitrogen and oxygen atoms in total. The number of rotatable bonds is 3. The van der Waals surface area contributed by atoms with E-state index < -0.39 is 0 Å². The standard InChI is InChI=1S/C17H18N4O/c1-12(2)21-15(7-9-18-21)17-16(22)8-10-20(19-17)14-6-4-5-13(3)11-14/h4-12H,1-3H3. The SMILES string of the molecule is Cc1cccc(-n2ccc(=O)c(-c3ccnn3C(C)C)n2)c1. The number of nitrogens with zero attached hydrogens (tertiary/aromatic N) is 4. The molecule has 0 aliphatic carbocycles. The molecule has 0 bridgehead atoms. The van der Waals surface area contributed by atoms with Gasteiger partial charge >= 0.3 is 0 Å². The van der Waals surface area contributed by atoms with Gasteiger partial charge < -0.3 is 0 Å². The van der Waals surface area contributed by atoms with Gasteiger partial charge in [-0.1, -0.05) is 12.1 Å². The van der Waals surface area contributed by atoms with Gasteiger partial charge in [0.05, 0.1) is 11.4 Å². The molecule has 22 heavy (non-hydrogen) atoms. The van der Waals surface area contributed by atoms with E-state index >= 15 is 0 Å². The first-order chi connectivity index (χ1) is 10.6. The van der Waals surface area contributed by atoms with Gasteiger partial charge in [-0.05, 0) is 44.5 Å². The molecule has 0 aliphatic rings. The molecule has 2 heterocycles. The van der Waals surface area contributed by atoms with Crippen molar-refractivity contribution in [1.82, 2.24) is 19.6 Å². The molecule has 0 saturated heterocycles. The summed E-state index contributed by atoms with van der Waals surface area (Å²) in [6.45, 7) is 6.08. The zero-order valence-electron chi connectivity index (χ0n) is 12.9. The third-order valence-corrected chi connectivity index (χ3v) is 3.48. The first-order valence-corrected chi connectivity index (χ1v) is 7.27. The summed E-state index contributed by atoms with van der Waals surface area (Å²) >= 11 is 0. The largest absolute Gasteiger partial charge is 0.287 e. The van der Waals surface area contributed by atoms with Crippen LogP contribution in [0.15, 0.2) is 53.6 Å². The Kier molecular flexibility index (Phi) is 3.63. The molecule has 0 N–H and O–H groups in total. The van der Waals surface area contributed by atoms with E-state index in [-0.39, 0.29) is 11.5 Å². The fourth-order valence-electron chi connectivity index (χ4n) is 2.41. The number of benzene rings is 1. The van der Waals surface area contributed by atoms with Crippen LogP contribution in [0.1, 0.15) is 25.5 Å². The normalized spacial score (nSPS) is 11.1. The van der Waals surface area contributed by atoms with E-state index in [1.165, 1.54) is 0 Å². The van der Waals surface area contributed by atoms with Gasteiger partial charge in [0.15, 0.2) is 5.69 Å². The third kappa shape index (κ3) is 2.57. The van der Waals surface area contributed by atoms with Gasteiger partial charge in [-0.3, -0.25) is 9.48 Å². The Bertz CT molecular complexity index is 861. The lowest BCUT2D eigenvalue weighted by atomic mass is 10.2. The molecule has 0 fully saturated rings. The van der Waals surface area contributed by atoms with Crippen LogP contribution in [-0.4, -0.2) is 19.6 Å². The minimum atomic E-state index is -0.105. The van der Waals surface area contributed by atoms with E-state index in [4.69, 9.17) is 0 Å². The van der Waals surface area contributed by atoms with Crippen molar-refractivity contribution >= 4 is 0 Å². The van der Waals surface area contributed by atoms with Crippen LogP contribution >= 0.6 is 0 Å². The number of aromatic nitrogens is 4. The van der Waals surface area contributed by atoms with Gasteiger partial charge in [-0.25, -0.2) is 4.68 Å². The van der Waals surface area contributed by atoms with E-state index in [9.17, 15) is 4.79 Å². The zero-order chi connectivity index (χ0) is 15.7. The first kappa shape index (κ1) is 14.3. The van der Waals surface area contributed by atoms with Crippen LogP contribution in [0.2, 0.25) is 0 Å². The lowest BCUT2D eigenvalue weighted by Crippen LogP contribution is -2.16. The Hall–Kier alpha value is -2.69. The van der Waals surface area contributed by atoms with Crippen LogP contribution in [0.25, 0.3) is 17.1 Å². The van der Waals surface area contributed by atoms with E-state index in [0.717, 1.165) is 16.9 Å². The average molecular weight is 294 g/mol. The van der Waals surface area contributed by atoms with Crippen molar-refractivity contribution in [2.75, 3.05) is 0 Å². The lowest BCUT2D eigenvalue weighted by molar-refractivity contribution is 0.536. The molecule has 0 unspecified atom stereocenters. The molecule has 3 aromatic rings. The van der Waals surface area contributed by atoms with Gasteiger partial charge in [0.2, 0.25) is 5.43 Å². The molecule has 3 rings (SSSR count). The highest BCUT2D eigenvalue weighted by Gasteiger charge is 2.13. The fraction of sp³-hybridized carbons (Fsp3) is 0.235. The van der Waals surface area contributed by atoms with Crippen molar-refractivity contribution in [3.05, 3.63) is 64.6 Å². The van der Waals surface area contributed by atoms with Gasteiger partial charge in [0.25, 0.3) is 0 Å². The molecule has 1 aromatic carbocycles. The predicted molar refractivity (Wildman–Crippen MR) is 86.2 cm³/mol. The molecule has 0 amide bonds. The molecule has 0 radical (unpaired) electrons. The lowest BCUT2D eigenvalue weighted by Gasteiger charge is -2.12. The van der Waals surface area contributed by atoms with E-state index in [1.807, 2.05) is 55.8 Å². The van der Waals surface area contributed by atoms with Crippen molar-refractivity contribution in [1.29, 1.82) is 0 Å². The summed E-state index contributed by atoms with van der Waals surface area (Å²) in [6.07, 6.45) is 3.39. The minimum Gasteiger partial charge on any atom is -0.287 e. The highest BCUT2D eigenvalue weighted by atomic mass is 16.1. The summed E-state index contributed by atoms with van der Waals surface area (Å²) in [5, 5.41) is 8.79. The highest BCUT2D eigenvalue weighted by Crippen LogP contribution is 2.17. The van der Waals surface area contributed by atoms with Crippen molar-refractivity contribution in [3.63, 3.8) is 0 Å². The van der Waals surface area contributed by atoms with Crippen molar-refractivity contribution < 1.29 is 0 Å². The predicted octanol–water partition coefficient (Wildman–Crippen LogP) is 2.99. The smallest absolute Gasteiger partial charge is 0.209 e. The molecule has 0 saturated carbocycles. The molecular weight excluding hydrogens is 276 g/mol. The second-order valence-corrected chi connectivity index (χ2v) is 5.57. The van der Waals surface area contributed by atoms with Crippen LogP contribution in [0.5, 0.6) is 0 Å². The molecule has 0 atom stereocenters. The summed E-state index contributed by atoms with van der Waals surface area (Å²) in [5.74, 6) is 0. The third-order valence-electron chi connectivity index (χ3n) is 3.48. The maximum Gasteiger partial charge on any atom is 0.209 e. The van der Waals surface area contributed by atoms with Crippen LogP contribution in [-0.2, 0) is 0 Å². The Balaban J connectivity index is 2.15. The summed E-state index contributed by atoms with van der Waals surface area (Å²) < 4.78 is 3.53. The van der Waals surface area contributed by atoms with Gasteiger partial charge in [-0.2, -0.15) is 10.2 Å². The van der Waals surface area contributed by atoms with E-state index in [2.05, 4.69) is 10.2 Å². The van der Waals surface area contributed by atoms with Gasteiger partial charge in [0, 0.05) is 24.5 Å². The number of hydrogen-bond acceptors (Lipinski definition) is 3. The summed E-state index contributed by atoms with van der Waals surface area (Å²) in [4.78, 5) is 12.2. The summed E-state index contributed by atoms with van der Waals surface area (Å²) in [5.41, 5.74) is 3.12. The van der Waals surface area contributed by atoms with E-state index in [0.29, 0.717) is 5.69 Å². The molecule has 0 aliphatic heterocycles. The first-order valence-electron chi connectivity index (χ1n) is 7.27. The van der Waals surface area contributed by atoms with Crippen LogP contribution in [0.3, 0.4) is 0 Å². The van der Waals surface area contributed by atoms with Crippen LogP contribution in [0, 0.1) is 6.92 Å². The van der Waals surface area contributed by atoms with Crippen LogP contribution in [0.4, 0.5) is 0 Å². The fourth-order valence-corrected chi connectivity index (χ4v) is 2.41. The second-order valence-electron chi connectivity index (χ2n) is 5.57. The summed E-state index contributed by atoms with van der Waals surface area (Å²) in [6, 6.07) is 11.5. The zero-order valence-corrected chi connectivity index (χ0v) is 12.9. The van der Waals surface area contributed by atoms with Crippen molar-refractivity contribution in [2.24, 2.45) is 0 Å². The Morgan fingerprint density at radius 2 is 1.95 bits per heavy atom. The topological polar surface area (TPSA) is 52.7 Å². The molecule has 112 valence electrons. The maximum atomic E-state index is 12.2. The maximum absolute atomic E-state index is 12.2. The van der Waals surface area contributed by atoms with Crippen molar-refractivity contribution in [3.8, 4) is 17.1 Å². The molecule has 5 heteroatoms. The molecule has 2 aromatic heterocycles. The Morgan fingerprint density at radius 1 is 1.14 bits per heavy atom. The second kappa shape index (κ2) is 5.60. The minimum absolute atomic E-state index is 0.105. The Morgan fingerprint density at radius 3 is 2.68 bits per heavy atom. The summed E-state index contributed by atoms with van der Waals surface area (Å²) in [7, 11) is 0. The van der Waals surface area contributed by atoms with Crippen LogP contribution < -0.4 is 5.43 Å². The number of hydrogen-bond donors (Lipinski definition) is 0. The van der Waals surface area contributed by atoms with Gasteiger partial charge in [-0.15, -0.1) is 0 Å². The molecular formula is C17H18N4O. The quantitative estimate of drug-likeness (QED) is 0.746. The monoisotopic (exact) mass is 294 g/mol. The van der Waals surface area contributed by atoms with Crippen molar-refractivity contribution in [2.45, 2.75) is 26.8 Å².